The molecule has 3 rings (SSSR count). The number of nitrogens with zero attached hydrogens (tertiary/aromatic N) is 2. The second-order valence-electron chi connectivity index (χ2n) is 5.65. The predicted molar refractivity (Wildman–Crippen MR) is 97.3 cm³/mol. The Morgan fingerprint density at radius 3 is 2.50 bits per heavy atom. The summed E-state index contributed by atoms with van der Waals surface area (Å²) in [5.74, 6) is 1.67. The summed E-state index contributed by atoms with van der Waals surface area (Å²) >= 11 is 0. The van der Waals surface area contributed by atoms with E-state index in [-0.39, 0.29) is 5.91 Å². The minimum absolute atomic E-state index is 0.191. The van der Waals surface area contributed by atoms with Crippen molar-refractivity contribution in [3.63, 3.8) is 0 Å². The zero-order chi connectivity index (χ0) is 18.5. The van der Waals surface area contributed by atoms with Crippen LogP contribution in [-0.2, 0) is 6.42 Å². The fourth-order valence-electron chi connectivity index (χ4n) is 2.66. The first-order valence-electron chi connectivity index (χ1n) is 8.16. The molecule has 0 saturated carbocycles. The van der Waals surface area contributed by atoms with Crippen molar-refractivity contribution in [3.05, 3.63) is 54.0 Å². The van der Waals surface area contributed by atoms with Gasteiger partial charge in [0, 0.05) is 37.0 Å². The first-order valence-corrected chi connectivity index (χ1v) is 8.16. The van der Waals surface area contributed by atoms with Crippen LogP contribution in [0.5, 0.6) is 17.2 Å². The molecule has 0 aliphatic carbocycles. The third-order valence-electron chi connectivity index (χ3n) is 4.00. The molecule has 0 unspecified atom stereocenters. The van der Waals surface area contributed by atoms with E-state index in [0.717, 1.165) is 11.3 Å². The zero-order valence-electron chi connectivity index (χ0n) is 15.0. The van der Waals surface area contributed by atoms with E-state index in [0.29, 0.717) is 35.8 Å². The molecule has 0 atom stereocenters. The van der Waals surface area contributed by atoms with Gasteiger partial charge in [0.05, 0.1) is 27.0 Å². The van der Waals surface area contributed by atoms with Crippen molar-refractivity contribution in [2.75, 3.05) is 27.9 Å². The van der Waals surface area contributed by atoms with Gasteiger partial charge in [0.15, 0.2) is 11.4 Å². The van der Waals surface area contributed by atoms with E-state index in [2.05, 4.69) is 10.3 Å². The van der Waals surface area contributed by atoms with Crippen LogP contribution in [0.15, 0.2) is 42.7 Å². The summed E-state index contributed by atoms with van der Waals surface area (Å²) in [6, 6.07) is 8.83. The van der Waals surface area contributed by atoms with Crippen LogP contribution in [0.4, 0.5) is 0 Å². The number of hydrogen-bond acceptors (Lipinski definition) is 5. The Morgan fingerprint density at radius 1 is 1.12 bits per heavy atom. The van der Waals surface area contributed by atoms with E-state index in [9.17, 15) is 4.79 Å². The minimum atomic E-state index is -0.191. The molecule has 1 amide bonds. The molecule has 7 heteroatoms. The standard InChI is InChI=1S/C19H21N3O4/c1-24-15-9-13(10-16(11-15)25-2)19(23)20-7-6-14-12-22-8-4-5-17(26-3)18(22)21-14/h4-5,8-12H,6-7H2,1-3H3,(H,20,23). The van der Waals surface area contributed by atoms with Crippen LogP contribution in [0.3, 0.4) is 0 Å². The average molecular weight is 355 g/mol. The van der Waals surface area contributed by atoms with Crippen LogP contribution < -0.4 is 19.5 Å². The maximum Gasteiger partial charge on any atom is 0.251 e. The Hall–Kier alpha value is -3.22. The quantitative estimate of drug-likeness (QED) is 0.704. The van der Waals surface area contributed by atoms with Crippen molar-refractivity contribution >= 4 is 11.6 Å². The van der Waals surface area contributed by atoms with Crippen molar-refractivity contribution in [2.45, 2.75) is 6.42 Å². The molecule has 0 aliphatic rings. The van der Waals surface area contributed by atoms with Crippen molar-refractivity contribution in [1.29, 1.82) is 0 Å². The summed E-state index contributed by atoms with van der Waals surface area (Å²) in [5, 5.41) is 2.89. The fourth-order valence-corrected chi connectivity index (χ4v) is 2.66. The van der Waals surface area contributed by atoms with Crippen molar-refractivity contribution in [1.82, 2.24) is 14.7 Å². The smallest absolute Gasteiger partial charge is 0.251 e. The molecule has 26 heavy (non-hydrogen) atoms. The van der Waals surface area contributed by atoms with Gasteiger partial charge in [-0.05, 0) is 24.3 Å². The molecular weight excluding hydrogens is 334 g/mol. The Morgan fingerprint density at radius 2 is 1.85 bits per heavy atom. The number of methoxy groups -OCH3 is 3. The molecule has 7 nitrogen and oxygen atoms in total. The third-order valence-corrected chi connectivity index (χ3v) is 4.00. The number of benzene rings is 1. The SMILES string of the molecule is COc1cc(OC)cc(C(=O)NCCc2cn3cccc(OC)c3n2)c1. The number of pyridine rings is 1. The van der Waals surface area contributed by atoms with Gasteiger partial charge in [0.25, 0.3) is 5.91 Å². The van der Waals surface area contributed by atoms with Gasteiger partial charge in [0.1, 0.15) is 11.5 Å². The number of carbonyl (C=O) groups excluding carboxylic acids is 1. The summed E-state index contributed by atoms with van der Waals surface area (Å²) in [5.41, 5.74) is 2.12. The van der Waals surface area contributed by atoms with E-state index >= 15 is 0 Å². The molecule has 2 heterocycles. The molecule has 0 aliphatic heterocycles. The molecule has 0 spiro atoms. The maximum absolute atomic E-state index is 12.4. The predicted octanol–water partition coefficient (Wildman–Crippen LogP) is 2.33. The molecule has 1 aromatic carbocycles. The highest BCUT2D eigenvalue weighted by Gasteiger charge is 2.11. The number of hydrogen-bond donors (Lipinski definition) is 1. The van der Waals surface area contributed by atoms with Crippen LogP contribution in [0.1, 0.15) is 16.1 Å². The molecule has 2 aromatic heterocycles. The van der Waals surface area contributed by atoms with E-state index in [4.69, 9.17) is 14.2 Å². The number of fused-ring (bicyclic) bond motifs is 1. The van der Waals surface area contributed by atoms with Crippen molar-refractivity contribution in [3.8, 4) is 17.2 Å². The Labute approximate surface area is 151 Å². The van der Waals surface area contributed by atoms with Crippen molar-refractivity contribution in [2.24, 2.45) is 0 Å². The lowest BCUT2D eigenvalue weighted by molar-refractivity contribution is 0.0953. The normalized spacial score (nSPS) is 10.6. The Bertz CT molecular complexity index is 898. The van der Waals surface area contributed by atoms with E-state index in [1.165, 1.54) is 0 Å². The van der Waals surface area contributed by atoms with Gasteiger partial charge in [-0.25, -0.2) is 4.98 Å². The zero-order valence-corrected chi connectivity index (χ0v) is 15.0. The molecule has 136 valence electrons. The number of aromatic nitrogens is 2. The number of nitrogens with one attached hydrogen (secondary N) is 1. The maximum atomic E-state index is 12.4. The van der Waals surface area contributed by atoms with Gasteiger partial charge in [-0.3, -0.25) is 4.79 Å². The minimum Gasteiger partial charge on any atom is -0.497 e. The molecular formula is C19H21N3O4. The lowest BCUT2D eigenvalue weighted by Crippen LogP contribution is -2.25. The summed E-state index contributed by atoms with van der Waals surface area (Å²) in [6.45, 7) is 0.463. The highest BCUT2D eigenvalue weighted by molar-refractivity contribution is 5.95. The highest BCUT2D eigenvalue weighted by atomic mass is 16.5. The fraction of sp³-hybridized carbons (Fsp3) is 0.263. The van der Waals surface area contributed by atoms with Gasteiger partial charge in [-0.1, -0.05) is 0 Å². The summed E-state index contributed by atoms with van der Waals surface area (Å²) < 4.78 is 17.6. The molecule has 0 radical (unpaired) electrons. The molecule has 0 bridgehead atoms. The van der Waals surface area contributed by atoms with Crippen LogP contribution in [0.2, 0.25) is 0 Å². The van der Waals surface area contributed by atoms with Crippen LogP contribution in [-0.4, -0.2) is 43.2 Å². The highest BCUT2D eigenvalue weighted by Crippen LogP contribution is 2.22. The summed E-state index contributed by atoms with van der Waals surface area (Å²) in [6.07, 6.45) is 4.45. The van der Waals surface area contributed by atoms with E-state index < -0.39 is 0 Å². The molecule has 0 saturated heterocycles. The molecule has 0 fully saturated rings. The van der Waals surface area contributed by atoms with Gasteiger partial charge >= 0.3 is 0 Å². The first kappa shape index (κ1) is 17.6. The summed E-state index contributed by atoms with van der Waals surface area (Å²) in [4.78, 5) is 16.9. The number of carbonyl (C=O) groups is 1. The number of ether oxygens (including phenoxy) is 3. The van der Waals surface area contributed by atoms with Crippen LogP contribution in [0, 0.1) is 0 Å². The molecule has 3 aromatic rings. The summed E-state index contributed by atoms with van der Waals surface area (Å²) in [7, 11) is 4.72. The molecule has 1 N–H and O–H groups in total. The monoisotopic (exact) mass is 355 g/mol. The lowest BCUT2D eigenvalue weighted by Gasteiger charge is -2.09. The number of rotatable bonds is 7. The topological polar surface area (TPSA) is 74.1 Å². The number of amides is 1. The van der Waals surface area contributed by atoms with Crippen LogP contribution >= 0.6 is 0 Å². The second kappa shape index (κ2) is 7.77. The van der Waals surface area contributed by atoms with E-state index in [1.54, 1.807) is 39.5 Å². The van der Waals surface area contributed by atoms with Gasteiger partial charge < -0.3 is 23.9 Å². The lowest BCUT2D eigenvalue weighted by atomic mass is 10.2. The average Bonchev–Trinajstić information content (AvgIpc) is 3.10. The van der Waals surface area contributed by atoms with E-state index in [1.807, 2.05) is 28.9 Å². The number of imidazole rings is 1. The van der Waals surface area contributed by atoms with Crippen LogP contribution in [0.25, 0.3) is 5.65 Å². The second-order valence-corrected chi connectivity index (χ2v) is 5.65. The van der Waals surface area contributed by atoms with Gasteiger partial charge in [-0.2, -0.15) is 0 Å². The Balaban J connectivity index is 1.65. The van der Waals surface area contributed by atoms with Crippen molar-refractivity contribution < 1.29 is 19.0 Å². The van der Waals surface area contributed by atoms with Gasteiger partial charge in [0.2, 0.25) is 0 Å². The Kier molecular flexibility index (Phi) is 5.26. The first-order chi connectivity index (χ1) is 12.6. The van der Waals surface area contributed by atoms with Gasteiger partial charge in [-0.15, -0.1) is 0 Å². The third kappa shape index (κ3) is 3.72. The largest absolute Gasteiger partial charge is 0.497 e.